The highest BCUT2D eigenvalue weighted by Crippen LogP contribution is 2.25. The summed E-state index contributed by atoms with van der Waals surface area (Å²) in [6.07, 6.45) is 0.337. The van der Waals surface area contributed by atoms with Gasteiger partial charge < -0.3 is 15.8 Å². The number of hydrogen-bond acceptors (Lipinski definition) is 3. The molecule has 0 saturated carbocycles. The van der Waals surface area contributed by atoms with Crippen LogP contribution in [0.15, 0.2) is 42.5 Å². The zero-order chi connectivity index (χ0) is 13.5. The fourth-order valence-corrected chi connectivity index (χ4v) is 1.88. The fraction of sp³-hybridized carbons (Fsp3) is 0.267. The third kappa shape index (κ3) is 3.69. The van der Waals surface area contributed by atoms with Gasteiger partial charge in [-0.1, -0.05) is 36.4 Å². The highest BCUT2D eigenvalue weighted by atomic mass is 16.5. The number of nitrogens with one attached hydrogen (secondary N) is 1. The van der Waals surface area contributed by atoms with Crippen LogP contribution in [0.1, 0.15) is 6.42 Å². The Labute approximate surface area is 112 Å². The van der Waals surface area contributed by atoms with Gasteiger partial charge in [0.05, 0.1) is 13.0 Å². The first kappa shape index (κ1) is 13.4. The maximum atomic E-state index is 11.4. The number of carbonyl (C=O) groups excluding carboxylic acids is 1. The van der Waals surface area contributed by atoms with Gasteiger partial charge in [-0.3, -0.25) is 4.79 Å². The minimum atomic E-state index is -0.0364. The van der Waals surface area contributed by atoms with Crippen LogP contribution in [0.3, 0.4) is 0 Å². The largest absolute Gasteiger partial charge is 0.492 e. The molecule has 4 heteroatoms. The molecule has 0 heterocycles. The molecule has 3 N–H and O–H groups in total. The zero-order valence-corrected chi connectivity index (χ0v) is 10.8. The number of amides is 1. The molecule has 0 saturated heterocycles. The third-order valence-electron chi connectivity index (χ3n) is 2.80. The van der Waals surface area contributed by atoms with E-state index in [2.05, 4.69) is 5.32 Å². The summed E-state index contributed by atoms with van der Waals surface area (Å²) in [6, 6.07) is 13.9. The molecule has 2 rings (SSSR count). The lowest BCUT2D eigenvalue weighted by Gasteiger charge is -2.09. The zero-order valence-electron chi connectivity index (χ0n) is 10.8. The molecule has 0 aliphatic carbocycles. The van der Waals surface area contributed by atoms with Crippen molar-refractivity contribution < 1.29 is 9.53 Å². The van der Waals surface area contributed by atoms with E-state index in [0.717, 1.165) is 16.5 Å². The summed E-state index contributed by atoms with van der Waals surface area (Å²) in [5, 5.41) is 4.91. The highest BCUT2D eigenvalue weighted by Gasteiger charge is 2.03. The van der Waals surface area contributed by atoms with Crippen molar-refractivity contribution in [3.05, 3.63) is 42.5 Å². The number of carbonyl (C=O) groups is 1. The Balaban J connectivity index is 1.93. The lowest BCUT2D eigenvalue weighted by Crippen LogP contribution is -2.29. The second kappa shape index (κ2) is 6.75. The van der Waals surface area contributed by atoms with Crippen LogP contribution in [0.2, 0.25) is 0 Å². The second-order valence-corrected chi connectivity index (χ2v) is 4.21. The third-order valence-corrected chi connectivity index (χ3v) is 2.80. The van der Waals surface area contributed by atoms with Crippen LogP contribution in [0.4, 0.5) is 0 Å². The summed E-state index contributed by atoms with van der Waals surface area (Å²) in [7, 11) is 0. The van der Waals surface area contributed by atoms with Gasteiger partial charge in [0.2, 0.25) is 5.91 Å². The first-order valence-corrected chi connectivity index (χ1v) is 6.38. The molecule has 2 aromatic carbocycles. The van der Waals surface area contributed by atoms with Crippen molar-refractivity contribution in [2.24, 2.45) is 5.73 Å². The molecule has 1 amide bonds. The molecule has 0 unspecified atom stereocenters. The minimum Gasteiger partial charge on any atom is -0.492 e. The predicted molar refractivity (Wildman–Crippen MR) is 76.1 cm³/mol. The minimum absolute atomic E-state index is 0.0364. The Bertz CT molecular complexity index is 549. The molecule has 0 bridgehead atoms. The van der Waals surface area contributed by atoms with Gasteiger partial charge in [0.15, 0.2) is 0 Å². The molecular formula is C15H18N2O2. The molecule has 0 aromatic heterocycles. The van der Waals surface area contributed by atoms with Crippen molar-refractivity contribution in [2.75, 3.05) is 19.7 Å². The van der Waals surface area contributed by atoms with Gasteiger partial charge in [-0.15, -0.1) is 0 Å². The molecule has 0 aliphatic heterocycles. The molecule has 0 spiro atoms. The number of hydrogen-bond donors (Lipinski definition) is 2. The lowest BCUT2D eigenvalue weighted by molar-refractivity contribution is -0.121. The summed E-state index contributed by atoms with van der Waals surface area (Å²) < 4.78 is 5.68. The van der Waals surface area contributed by atoms with Gasteiger partial charge in [0, 0.05) is 18.5 Å². The maximum absolute atomic E-state index is 11.4. The molecule has 0 radical (unpaired) electrons. The quantitative estimate of drug-likeness (QED) is 0.828. The Morgan fingerprint density at radius 1 is 1.16 bits per heavy atom. The first-order valence-electron chi connectivity index (χ1n) is 6.38. The average Bonchev–Trinajstić information content (AvgIpc) is 2.45. The van der Waals surface area contributed by atoms with E-state index in [4.69, 9.17) is 10.5 Å². The van der Waals surface area contributed by atoms with Gasteiger partial charge in [-0.25, -0.2) is 0 Å². The van der Waals surface area contributed by atoms with Crippen LogP contribution >= 0.6 is 0 Å². The maximum Gasteiger partial charge on any atom is 0.223 e. The van der Waals surface area contributed by atoms with E-state index < -0.39 is 0 Å². The van der Waals surface area contributed by atoms with Crippen molar-refractivity contribution in [2.45, 2.75) is 6.42 Å². The van der Waals surface area contributed by atoms with E-state index in [1.165, 1.54) is 0 Å². The van der Waals surface area contributed by atoms with Crippen molar-refractivity contribution in [3.63, 3.8) is 0 Å². The van der Waals surface area contributed by atoms with Crippen molar-refractivity contribution in [3.8, 4) is 5.75 Å². The normalized spacial score (nSPS) is 10.4. The second-order valence-electron chi connectivity index (χ2n) is 4.21. The molecule has 19 heavy (non-hydrogen) atoms. The van der Waals surface area contributed by atoms with Gasteiger partial charge >= 0.3 is 0 Å². The average molecular weight is 258 g/mol. The van der Waals surface area contributed by atoms with Crippen LogP contribution < -0.4 is 15.8 Å². The summed E-state index contributed by atoms with van der Waals surface area (Å²) in [5.41, 5.74) is 5.31. The van der Waals surface area contributed by atoms with E-state index in [1.54, 1.807) is 0 Å². The molecule has 100 valence electrons. The van der Waals surface area contributed by atoms with Gasteiger partial charge in [0.1, 0.15) is 5.75 Å². The number of benzene rings is 2. The van der Waals surface area contributed by atoms with E-state index in [0.29, 0.717) is 26.1 Å². The predicted octanol–water partition coefficient (Wildman–Crippen LogP) is 1.68. The van der Waals surface area contributed by atoms with Gasteiger partial charge in [0.25, 0.3) is 0 Å². The van der Waals surface area contributed by atoms with Crippen LogP contribution in [-0.4, -0.2) is 25.6 Å². The first-order chi connectivity index (χ1) is 9.31. The van der Waals surface area contributed by atoms with Gasteiger partial charge in [-0.05, 0) is 11.5 Å². The monoisotopic (exact) mass is 258 g/mol. The number of ether oxygens (including phenoxy) is 1. The Morgan fingerprint density at radius 2 is 1.95 bits per heavy atom. The molecule has 2 aromatic rings. The van der Waals surface area contributed by atoms with E-state index >= 15 is 0 Å². The number of fused-ring (bicyclic) bond motifs is 1. The molecule has 0 atom stereocenters. The summed E-state index contributed by atoms with van der Waals surface area (Å²) in [6.45, 7) is 1.33. The molecule has 0 aliphatic rings. The number of nitrogens with two attached hydrogens (primary N) is 1. The van der Waals surface area contributed by atoms with Crippen LogP contribution in [-0.2, 0) is 4.79 Å². The smallest absolute Gasteiger partial charge is 0.223 e. The summed E-state index contributed by atoms with van der Waals surface area (Å²) >= 11 is 0. The number of rotatable bonds is 6. The summed E-state index contributed by atoms with van der Waals surface area (Å²) in [4.78, 5) is 11.4. The fourth-order valence-electron chi connectivity index (χ4n) is 1.88. The van der Waals surface area contributed by atoms with E-state index in [9.17, 15) is 4.79 Å². The summed E-state index contributed by atoms with van der Waals surface area (Å²) in [5.74, 6) is 0.774. The standard InChI is InChI=1S/C15H18N2O2/c16-9-10-17-15(18)8-11-19-14-7-3-5-12-4-1-2-6-13(12)14/h1-7H,8-11,16H2,(H,17,18). The van der Waals surface area contributed by atoms with Crippen molar-refractivity contribution in [1.29, 1.82) is 0 Å². The Morgan fingerprint density at radius 3 is 2.79 bits per heavy atom. The topological polar surface area (TPSA) is 64.3 Å². The Kier molecular flexibility index (Phi) is 4.75. The Hall–Kier alpha value is -2.07. The van der Waals surface area contributed by atoms with Crippen LogP contribution in [0, 0.1) is 0 Å². The van der Waals surface area contributed by atoms with Gasteiger partial charge in [-0.2, -0.15) is 0 Å². The van der Waals surface area contributed by atoms with E-state index in [1.807, 2.05) is 42.5 Å². The molecule has 4 nitrogen and oxygen atoms in total. The lowest BCUT2D eigenvalue weighted by atomic mass is 10.1. The van der Waals surface area contributed by atoms with Crippen molar-refractivity contribution in [1.82, 2.24) is 5.32 Å². The van der Waals surface area contributed by atoms with Crippen LogP contribution in [0.5, 0.6) is 5.75 Å². The molecular weight excluding hydrogens is 240 g/mol. The van der Waals surface area contributed by atoms with E-state index in [-0.39, 0.29) is 5.91 Å². The molecule has 0 fully saturated rings. The van der Waals surface area contributed by atoms with Crippen molar-refractivity contribution >= 4 is 16.7 Å². The SMILES string of the molecule is NCCNC(=O)CCOc1cccc2ccccc12. The highest BCUT2D eigenvalue weighted by molar-refractivity contribution is 5.88. The van der Waals surface area contributed by atoms with Crippen LogP contribution in [0.25, 0.3) is 10.8 Å².